The number of hydrogen-bond acceptors (Lipinski definition) is 11. The highest BCUT2D eigenvalue weighted by Gasteiger charge is 2.53. The lowest BCUT2D eigenvalue weighted by Crippen LogP contribution is -2.59. The Hall–Kier alpha value is -2.81. The van der Waals surface area contributed by atoms with Gasteiger partial charge in [-0.2, -0.15) is 0 Å². The van der Waals surface area contributed by atoms with Gasteiger partial charge in [0.25, 0.3) is 0 Å². The van der Waals surface area contributed by atoms with Gasteiger partial charge in [-0.3, -0.25) is 4.90 Å². The summed E-state index contributed by atoms with van der Waals surface area (Å²) >= 11 is 0. The number of amides is 1. The van der Waals surface area contributed by atoms with Crippen LogP contribution in [0.1, 0.15) is 63.8 Å². The number of carbonyl (C=O) groups is 1. The summed E-state index contributed by atoms with van der Waals surface area (Å²) in [6, 6.07) is 15.0. The van der Waals surface area contributed by atoms with Crippen molar-refractivity contribution in [3.8, 4) is 5.75 Å². The summed E-state index contributed by atoms with van der Waals surface area (Å²) in [5, 5.41) is 3.95. The highest BCUT2D eigenvalue weighted by atomic mass is 16.8. The van der Waals surface area contributed by atoms with E-state index in [0.717, 1.165) is 22.4 Å². The van der Waals surface area contributed by atoms with Crippen LogP contribution in [0, 0.1) is 5.92 Å². The van der Waals surface area contributed by atoms with Gasteiger partial charge < -0.3 is 47.9 Å². The van der Waals surface area contributed by atoms with Crippen molar-refractivity contribution in [1.29, 1.82) is 0 Å². The summed E-state index contributed by atoms with van der Waals surface area (Å²) in [6.07, 6.45) is 0.0728. The first-order valence-electron chi connectivity index (χ1n) is 17.5. The molecule has 7 atom stereocenters. The standard InChI is InChI=1S/C38H56N2O10/c1-37(2,3)50-36(41)40-28(21-45-19-25-13-10-9-11-14-25)17-27(20-46-23-42-6)34(40)29-18-26-15-12-16-30(44-8)32(26)33(39-29)35-31(22-47-24-43-7)48-38(4,5)49-35/h9-16,27-29,31,33-35,39H,17-24H2,1-8H3/t27-,28-,29-,31+,33+,34+,35-/m0/s1. The molecule has 3 aliphatic rings. The monoisotopic (exact) mass is 700 g/mol. The molecule has 0 saturated carbocycles. The van der Waals surface area contributed by atoms with Crippen molar-refractivity contribution >= 4 is 6.09 Å². The van der Waals surface area contributed by atoms with E-state index in [2.05, 4.69) is 11.4 Å². The van der Waals surface area contributed by atoms with Crippen LogP contribution in [-0.2, 0) is 50.9 Å². The third kappa shape index (κ3) is 9.54. The van der Waals surface area contributed by atoms with Crippen molar-refractivity contribution in [2.75, 3.05) is 54.7 Å². The zero-order chi connectivity index (χ0) is 35.9. The van der Waals surface area contributed by atoms with Crippen LogP contribution < -0.4 is 10.1 Å². The maximum atomic E-state index is 14.3. The second-order valence-electron chi connectivity index (χ2n) is 14.7. The Labute approximate surface area is 296 Å². The minimum atomic E-state index is -0.851. The molecule has 3 aliphatic heterocycles. The van der Waals surface area contributed by atoms with E-state index in [1.54, 1.807) is 21.3 Å². The maximum absolute atomic E-state index is 14.3. The topological polar surface area (TPSA) is 115 Å². The molecule has 0 bridgehead atoms. The lowest BCUT2D eigenvalue weighted by Gasteiger charge is -2.44. The molecule has 2 aromatic rings. The quantitative estimate of drug-likeness (QED) is 0.195. The first kappa shape index (κ1) is 38.4. The van der Waals surface area contributed by atoms with Crippen molar-refractivity contribution in [1.82, 2.24) is 10.2 Å². The smallest absolute Gasteiger partial charge is 0.410 e. The highest BCUT2D eigenvalue weighted by molar-refractivity contribution is 5.70. The average molecular weight is 701 g/mol. The maximum Gasteiger partial charge on any atom is 0.410 e. The van der Waals surface area contributed by atoms with Gasteiger partial charge in [-0.25, -0.2) is 4.79 Å². The van der Waals surface area contributed by atoms with Crippen molar-refractivity contribution in [2.24, 2.45) is 5.92 Å². The number of fused-ring (bicyclic) bond motifs is 1. The Morgan fingerprint density at radius 1 is 0.920 bits per heavy atom. The van der Waals surface area contributed by atoms with E-state index >= 15 is 0 Å². The Kier molecular flexibility index (Phi) is 13.2. The number of benzene rings is 2. The molecule has 0 aromatic heterocycles. The number of rotatable bonds is 15. The molecule has 3 heterocycles. The van der Waals surface area contributed by atoms with Crippen molar-refractivity contribution < 1.29 is 47.4 Å². The summed E-state index contributed by atoms with van der Waals surface area (Å²) in [5.41, 5.74) is 2.48. The Bertz CT molecular complexity index is 1370. The van der Waals surface area contributed by atoms with Gasteiger partial charge in [0.2, 0.25) is 0 Å². The molecule has 2 fully saturated rings. The molecule has 278 valence electrons. The van der Waals surface area contributed by atoms with E-state index in [-0.39, 0.29) is 56.4 Å². The van der Waals surface area contributed by atoms with Crippen LogP contribution in [0.5, 0.6) is 5.75 Å². The van der Waals surface area contributed by atoms with Gasteiger partial charge >= 0.3 is 6.09 Å². The predicted octanol–water partition coefficient (Wildman–Crippen LogP) is 5.22. The summed E-state index contributed by atoms with van der Waals surface area (Å²) < 4.78 is 53.6. The van der Waals surface area contributed by atoms with E-state index < -0.39 is 23.6 Å². The van der Waals surface area contributed by atoms with Gasteiger partial charge in [0.15, 0.2) is 5.79 Å². The lowest BCUT2D eigenvalue weighted by atomic mass is 9.81. The van der Waals surface area contributed by atoms with E-state index in [1.165, 1.54) is 0 Å². The fourth-order valence-corrected chi connectivity index (χ4v) is 7.57. The first-order valence-corrected chi connectivity index (χ1v) is 17.5. The van der Waals surface area contributed by atoms with E-state index in [4.69, 9.17) is 42.6 Å². The molecule has 2 saturated heterocycles. The molecule has 0 radical (unpaired) electrons. The number of ether oxygens (including phenoxy) is 9. The van der Waals surface area contributed by atoms with Crippen LogP contribution in [0.2, 0.25) is 0 Å². The van der Waals surface area contributed by atoms with E-state index in [1.807, 2.05) is 82.0 Å². The number of likely N-dealkylation sites (tertiary alicyclic amines) is 1. The van der Waals surface area contributed by atoms with Crippen LogP contribution in [0.15, 0.2) is 48.5 Å². The molecule has 2 aromatic carbocycles. The fraction of sp³-hybridized carbons (Fsp3) is 0.658. The molecule has 5 rings (SSSR count). The molecular formula is C38H56N2O10. The van der Waals surface area contributed by atoms with Gasteiger partial charge in [-0.05, 0) is 64.7 Å². The van der Waals surface area contributed by atoms with E-state index in [9.17, 15) is 4.79 Å². The molecular weight excluding hydrogens is 644 g/mol. The predicted molar refractivity (Wildman–Crippen MR) is 186 cm³/mol. The number of nitrogens with one attached hydrogen (secondary N) is 1. The molecule has 12 heteroatoms. The Balaban J connectivity index is 1.51. The third-order valence-corrected chi connectivity index (χ3v) is 9.30. The highest BCUT2D eigenvalue weighted by Crippen LogP contribution is 2.45. The SMILES string of the molecule is COCOC[C@@H]1C[C@@H](COCc2ccccc2)N(C(=O)OC(C)(C)C)[C@H]1[C@@H]1Cc2cccc(OC)c2[C@H]([C@H]2OC(C)(C)O[C@@H]2COCOC)N1. The van der Waals surface area contributed by atoms with Gasteiger partial charge in [0.1, 0.15) is 37.1 Å². The largest absolute Gasteiger partial charge is 0.496 e. The zero-order valence-corrected chi connectivity index (χ0v) is 30.8. The first-order chi connectivity index (χ1) is 23.9. The van der Waals surface area contributed by atoms with Crippen LogP contribution in [-0.4, -0.2) is 107 Å². The third-order valence-electron chi connectivity index (χ3n) is 9.30. The van der Waals surface area contributed by atoms with Gasteiger partial charge in [-0.15, -0.1) is 0 Å². The number of hydrogen-bond donors (Lipinski definition) is 1. The van der Waals surface area contributed by atoms with Crippen LogP contribution in [0.4, 0.5) is 4.79 Å². The molecule has 1 amide bonds. The Morgan fingerprint density at radius 2 is 1.64 bits per heavy atom. The van der Waals surface area contributed by atoms with Crippen LogP contribution in [0.3, 0.4) is 0 Å². The second kappa shape index (κ2) is 17.1. The molecule has 12 nitrogen and oxygen atoms in total. The van der Waals surface area contributed by atoms with Gasteiger partial charge in [0.05, 0.1) is 51.7 Å². The Morgan fingerprint density at radius 3 is 2.32 bits per heavy atom. The van der Waals surface area contributed by atoms with Crippen molar-refractivity contribution in [2.45, 2.75) is 102 Å². The average Bonchev–Trinajstić information content (AvgIpc) is 3.59. The van der Waals surface area contributed by atoms with E-state index in [0.29, 0.717) is 32.7 Å². The summed E-state index contributed by atoms with van der Waals surface area (Å²) in [4.78, 5) is 16.2. The summed E-state index contributed by atoms with van der Waals surface area (Å²) in [5.74, 6) is -0.145. The van der Waals surface area contributed by atoms with Crippen molar-refractivity contribution in [3.05, 3.63) is 65.2 Å². The number of carbonyl (C=O) groups excluding carboxylic acids is 1. The minimum Gasteiger partial charge on any atom is -0.496 e. The molecule has 0 unspecified atom stereocenters. The minimum absolute atomic E-state index is 0.0497. The lowest BCUT2D eigenvalue weighted by molar-refractivity contribution is -0.156. The fourth-order valence-electron chi connectivity index (χ4n) is 7.57. The normalized spacial score (nSPS) is 27.7. The number of nitrogens with zero attached hydrogens (tertiary/aromatic N) is 1. The zero-order valence-electron chi connectivity index (χ0n) is 30.8. The molecule has 0 aliphatic carbocycles. The molecule has 0 spiro atoms. The van der Waals surface area contributed by atoms with Gasteiger partial charge in [0, 0.05) is 31.7 Å². The van der Waals surface area contributed by atoms with Crippen molar-refractivity contribution in [3.63, 3.8) is 0 Å². The van der Waals surface area contributed by atoms with Crippen LogP contribution >= 0.6 is 0 Å². The van der Waals surface area contributed by atoms with Crippen LogP contribution in [0.25, 0.3) is 0 Å². The van der Waals surface area contributed by atoms with Gasteiger partial charge in [-0.1, -0.05) is 42.5 Å². The number of methoxy groups -OCH3 is 3. The molecule has 50 heavy (non-hydrogen) atoms. The second-order valence-corrected chi connectivity index (χ2v) is 14.7. The summed E-state index contributed by atoms with van der Waals surface area (Å²) in [6.45, 7) is 11.2. The molecule has 1 N–H and O–H groups in total. The summed E-state index contributed by atoms with van der Waals surface area (Å²) in [7, 11) is 4.87.